The molecule has 0 atom stereocenters. The molecule has 13 heteroatoms. The van der Waals surface area contributed by atoms with E-state index >= 15 is 0 Å². The summed E-state index contributed by atoms with van der Waals surface area (Å²) >= 11 is 6.67. The van der Waals surface area contributed by atoms with Crippen molar-refractivity contribution >= 4 is 64.1 Å². The number of nitrogens with one attached hydrogen (secondary N) is 1. The smallest absolute Gasteiger partial charge is 0.344 e. The molecule has 2 aromatic rings. The molecule has 0 bridgehead atoms. The van der Waals surface area contributed by atoms with Gasteiger partial charge in [0.25, 0.3) is 11.1 Å². The molecule has 39 heavy (non-hydrogen) atoms. The third-order valence-electron chi connectivity index (χ3n) is 5.05. The third-order valence-corrected chi connectivity index (χ3v) is 6.28. The average Bonchev–Trinajstić information content (AvgIpc) is 3.16. The van der Waals surface area contributed by atoms with Gasteiger partial charge in [-0.15, -0.1) is 0 Å². The van der Waals surface area contributed by atoms with Crippen molar-refractivity contribution < 1.29 is 42.9 Å². The summed E-state index contributed by atoms with van der Waals surface area (Å²) < 4.78 is 20.6. The van der Waals surface area contributed by atoms with E-state index in [0.29, 0.717) is 35.4 Å². The quantitative estimate of drug-likeness (QED) is 0.307. The minimum absolute atomic E-state index is 0.0507. The molecule has 0 aromatic heterocycles. The lowest BCUT2D eigenvalue weighted by Gasteiger charge is -2.13. The van der Waals surface area contributed by atoms with Gasteiger partial charge < -0.3 is 24.3 Å². The lowest BCUT2D eigenvalue weighted by Crippen LogP contribution is -2.36. The van der Waals surface area contributed by atoms with Gasteiger partial charge in [-0.05, 0) is 67.6 Å². The van der Waals surface area contributed by atoms with Gasteiger partial charge in [0.05, 0.1) is 35.8 Å². The predicted molar refractivity (Wildman–Crippen MR) is 144 cm³/mol. The van der Waals surface area contributed by atoms with Crippen molar-refractivity contribution in [2.45, 2.75) is 13.8 Å². The summed E-state index contributed by atoms with van der Waals surface area (Å²) in [7, 11) is 1.20. The van der Waals surface area contributed by atoms with Gasteiger partial charge in [-0.25, -0.2) is 9.59 Å². The van der Waals surface area contributed by atoms with Crippen LogP contribution in [0.1, 0.15) is 29.8 Å². The summed E-state index contributed by atoms with van der Waals surface area (Å²) in [4.78, 5) is 62.3. The number of imide groups is 1. The van der Waals surface area contributed by atoms with Gasteiger partial charge in [0.15, 0.2) is 18.1 Å². The Hall–Kier alpha value is -4.03. The maximum Gasteiger partial charge on any atom is 0.344 e. The van der Waals surface area contributed by atoms with Gasteiger partial charge in [-0.3, -0.25) is 19.3 Å². The van der Waals surface area contributed by atoms with Gasteiger partial charge in [-0.2, -0.15) is 0 Å². The number of halogens is 1. The highest BCUT2D eigenvalue weighted by Crippen LogP contribution is 2.35. The largest absolute Gasteiger partial charge is 0.490 e. The molecule has 0 spiro atoms. The zero-order valence-electron chi connectivity index (χ0n) is 21.3. The molecular weight excluding hydrogens is 552 g/mol. The number of ether oxygens (including phenoxy) is 4. The van der Waals surface area contributed by atoms with Gasteiger partial charge in [0.1, 0.15) is 6.54 Å². The van der Waals surface area contributed by atoms with Crippen LogP contribution in [0.5, 0.6) is 11.5 Å². The number of hydrogen-bond donors (Lipinski definition) is 1. The summed E-state index contributed by atoms with van der Waals surface area (Å²) in [5.74, 6) is -1.86. The Morgan fingerprint density at radius 2 is 1.79 bits per heavy atom. The number of methoxy groups -OCH3 is 1. The molecule has 1 fully saturated rings. The van der Waals surface area contributed by atoms with E-state index in [-0.39, 0.29) is 34.4 Å². The standard InChI is InChI=1S/C26H25ClN2O9S/c1-4-36-20-10-15(6-9-19(20)38-14-23(31)37-5-2)11-21-24(32)29(26(34)39-21)13-22(30)28-16-7-8-18(27)17(12-16)25(33)35-3/h6-12H,4-5,13-14H2,1-3H3,(H,28,30)/b21-11-. The zero-order chi connectivity index (χ0) is 28.5. The maximum absolute atomic E-state index is 12.9. The van der Waals surface area contributed by atoms with E-state index in [1.165, 1.54) is 31.4 Å². The minimum Gasteiger partial charge on any atom is -0.490 e. The van der Waals surface area contributed by atoms with Crippen LogP contribution in [0.15, 0.2) is 41.3 Å². The van der Waals surface area contributed by atoms with Crippen molar-refractivity contribution in [1.29, 1.82) is 0 Å². The lowest BCUT2D eigenvalue weighted by atomic mass is 10.2. The van der Waals surface area contributed by atoms with Crippen LogP contribution in [0.4, 0.5) is 10.5 Å². The van der Waals surface area contributed by atoms with Crippen molar-refractivity contribution in [2.75, 3.05) is 38.8 Å². The molecule has 11 nitrogen and oxygen atoms in total. The zero-order valence-corrected chi connectivity index (χ0v) is 22.8. The van der Waals surface area contributed by atoms with E-state index in [4.69, 9.17) is 25.8 Å². The number of rotatable bonds is 11. The first-order chi connectivity index (χ1) is 18.7. The molecule has 2 aromatic carbocycles. The second-order valence-electron chi connectivity index (χ2n) is 7.74. The Morgan fingerprint density at radius 1 is 1.03 bits per heavy atom. The second-order valence-corrected chi connectivity index (χ2v) is 9.14. The van der Waals surface area contributed by atoms with Gasteiger partial charge in [-0.1, -0.05) is 17.7 Å². The Bertz CT molecular complexity index is 1330. The number of nitrogens with zero attached hydrogens (tertiary/aromatic N) is 1. The van der Waals surface area contributed by atoms with Crippen molar-refractivity contribution in [3.63, 3.8) is 0 Å². The van der Waals surface area contributed by atoms with E-state index < -0.39 is 35.5 Å². The molecule has 1 saturated heterocycles. The number of carbonyl (C=O) groups is 5. The number of benzene rings is 2. The topological polar surface area (TPSA) is 138 Å². The fourth-order valence-corrected chi connectivity index (χ4v) is 4.38. The fourth-order valence-electron chi connectivity index (χ4n) is 3.34. The van der Waals surface area contributed by atoms with Crippen LogP contribution in [0, 0.1) is 0 Å². The average molecular weight is 577 g/mol. The Balaban J connectivity index is 1.70. The van der Waals surface area contributed by atoms with Crippen LogP contribution in [0.25, 0.3) is 6.08 Å². The molecule has 0 unspecified atom stereocenters. The SMILES string of the molecule is CCOC(=O)COc1ccc(/C=C2\SC(=O)N(CC(=O)Nc3ccc(Cl)c(C(=O)OC)c3)C2=O)cc1OCC. The van der Waals surface area contributed by atoms with Crippen LogP contribution in [0.2, 0.25) is 5.02 Å². The monoisotopic (exact) mass is 576 g/mol. The number of carbonyl (C=O) groups excluding carboxylic acids is 5. The first kappa shape index (κ1) is 29.5. The van der Waals surface area contributed by atoms with Crippen LogP contribution < -0.4 is 14.8 Å². The summed E-state index contributed by atoms with van der Waals surface area (Å²) in [5.41, 5.74) is 0.823. The molecule has 0 aliphatic carbocycles. The first-order valence-corrected chi connectivity index (χ1v) is 12.8. The molecule has 1 heterocycles. The number of esters is 2. The van der Waals surface area contributed by atoms with Crippen molar-refractivity contribution in [2.24, 2.45) is 0 Å². The molecule has 206 valence electrons. The minimum atomic E-state index is -0.682. The fraction of sp³-hybridized carbons (Fsp3) is 0.269. The number of anilines is 1. The van der Waals surface area contributed by atoms with Gasteiger partial charge in [0.2, 0.25) is 5.91 Å². The summed E-state index contributed by atoms with van der Waals surface area (Å²) in [6.07, 6.45) is 1.49. The third kappa shape index (κ3) is 7.74. The van der Waals surface area contributed by atoms with Gasteiger partial charge in [0, 0.05) is 5.69 Å². The molecule has 0 radical (unpaired) electrons. The number of amides is 3. The van der Waals surface area contributed by atoms with E-state index in [0.717, 1.165) is 4.90 Å². The van der Waals surface area contributed by atoms with E-state index in [1.54, 1.807) is 32.0 Å². The Labute approximate surface area is 233 Å². The molecule has 1 aliphatic rings. The molecule has 1 aliphatic heterocycles. The highest BCUT2D eigenvalue weighted by atomic mass is 35.5. The van der Waals surface area contributed by atoms with Crippen LogP contribution >= 0.6 is 23.4 Å². The van der Waals surface area contributed by atoms with E-state index in [2.05, 4.69) is 10.1 Å². The summed E-state index contributed by atoms with van der Waals surface area (Å²) in [6.45, 7) is 3.18. The normalized spacial score (nSPS) is 13.8. The van der Waals surface area contributed by atoms with Crippen LogP contribution in [0.3, 0.4) is 0 Å². The van der Waals surface area contributed by atoms with Crippen molar-refractivity contribution in [3.8, 4) is 11.5 Å². The summed E-state index contributed by atoms with van der Waals surface area (Å²) in [5, 5.41) is 2.06. The second kappa shape index (κ2) is 13.7. The van der Waals surface area contributed by atoms with Crippen LogP contribution in [-0.4, -0.2) is 67.4 Å². The number of thioether (sulfide) groups is 1. The number of hydrogen-bond acceptors (Lipinski definition) is 10. The maximum atomic E-state index is 12.9. The Morgan fingerprint density at radius 3 is 2.49 bits per heavy atom. The highest BCUT2D eigenvalue weighted by molar-refractivity contribution is 8.18. The Kier molecular flexibility index (Phi) is 10.4. The molecule has 3 amide bonds. The first-order valence-electron chi connectivity index (χ1n) is 11.6. The molecule has 3 rings (SSSR count). The van der Waals surface area contributed by atoms with Crippen LogP contribution in [-0.2, 0) is 23.9 Å². The predicted octanol–water partition coefficient (Wildman–Crippen LogP) is 4.14. The molecular formula is C26H25ClN2O9S. The van der Waals surface area contributed by atoms with Crippen molar-refractivity contribution in [1.82, 2.24) is 4.90 Å². The lowest BCUT2D eigenvalue weighted by molar-refractivity contribution is -0.145. The highest BCUT2D eigenvalue weighted by Gasteiger charge is 2.36. The molecule has 1 N–H and O–H groups in total. The van der Waals surface area contributed by atoms with Gasteiger partial charge >= 0.3 is 11.9 Å². The summed E-state index contributed by atoms with van der Waals surface area (Å²) in [6, 6.07) is 9.01. The van der Waals surface area contributed by atoms with E-state index in [9.17, 15) is 24.0 Å². The molecule has 0 saturated carbocycles. The van der Waals surface area contributed by atoms with Crippen molar-refractivity contribution in [3.05, 3.63) is 57.5 Å². The van der Waals surface area contributed by atoms with E-state index in [1.807, 2.05) is 0 Å².